The van der Waals surface area contributed by atoms with Crippen LogP contribution >= 0.6 is 0 Å². The van der Waals surface area contributed by atoms with Crippen LogP contribution in [0.5, 0.6) is 0 Å². The van der Waals surface area contributed by atoms with Gasteiger partial charge in [-0.3, -0.25) is 9.36 Å². The second kappa shape index (κ2) is 8.27. The van der Waals surface area contributed by atoms with Crippen LogP contribution in [0.1, 0.15) is 32.8 Å². The number of hydrogen-bond acceptors (Lipinski definition) is 5. The van der Waals surface area contributed by atoms with Gasteiger partial charge in [0.25, 0.3) is 0 Å². The summed E-state index contributed by atoms with van der Waals surface area (Å²) in [7, 11) is 0. The lowest BCUT2D eigenvalue weighted by Gasteiger charge is -2.19. The van der Waals surface area contributed by atoms with E-state index in [1.165, 1.54) is 0 Å². The number of amides is 2. The second-order valence-corrected chi connectivity index (χ2v) is 6.45. The highest BCUT2D eigenvalue weighted by Crippen LogP contribution is 2.06. The van der Waals surface area contributed by atoms with Gasteiger partial charge in [0.2, 0.25) is 5.91 Å². The van der Waals surface area contributed by atoms with Crippen molar-refractivity contribution in [3.05, 3.63) is 42.6 Å². The molecule has 0 aromatic carbocycles. The van der Waals surface area contributed by atoms with Crippen LogP contribution in [0.15, 0.2) is 37.1 Å². The fourth-order valence-electron chi connectivity index (χ4n) is 1.95. The average Bonchev–Trinajstić information content (AvgIpc) is 3.06. The summed E-state index contributed by atoms with van der Waals surface area (Å²) in [6.07, 6.45) is 6.51. The second-order valence-electron chi connectivity index (χ2n) is 6.45. The van der Waals surface area contributed by atoms with Gasteiger partial charge in [-0.25, -0.2) is 14.8 Å². The van der Waals surface area contributed by atoms with Crippen LogP contribution in [0.2, 0.25) is 0 Å². The summed E-state index contributed by atoms with van der Waals surface area (Å²) < 4.78 is 6.89. The molecular weight excluding hydrogens is 322 g/mol. The number of aromatic nitrogens is 3. The Hall–Kier alpha value is -2.90. The number of hydrogen-bond donors (Lipinski definition) is 2. The Morgan fingerprint density at radius 3 is 2.64 bits per heavy atom. The number of imidazole rings is 1. The molecule has 0 saturated carbocycles. The molecule has 2 heterocycles. The Balaban J connectivity index is 1.69. The molecule has 2 aromatic heterocycles. The molecule has 0 bridgehead atoms. The number of pyridine rings is 1. The van der Waals surface area contributed by atoms with Gasteiger partial charge in [0.1, 0.15) is 17.7 Å². The van der Waals surface area contributed by atoms with Crippen molar-refractivity contribution >= 4 is 12.0 Å². The molecule has 0 saturated heterocycles. The highest BCUT2D eigenvalue weighted by atomic mass is 16.6. The van der Waals surface area contributed by atoms with Gasteiger partial charge in [-0.05, 0) is 32.4 Å². The van der Waals surface area contributed by atoms with E-state index in [1.54, 1.807) is 50.3 Å². The van der Waals surface area contributed by atoms with E-state index in [0.717, 1.165) is 11.4 Å². The molecule has 0 spiro atoms. The van der Waals surface area contributed by atoms with E-state index < -0.39 is 11.7 Å². The molecule has 8 heteroatoms. The Labute approximate surface area is 146 Å². The van der Waals surface area contributed by atoms with Crippen LogP contribution in [0.4, 0.5) is 4.79 Å². The predicted octanol–water partition coefficient (Wildman–Crippen LogP) is 1.80. The van der Waals surface area contributed by atoms with Crippen LogP contribution in [0, 0.1) is 0 Å². The third-order valence-corrected chi connectivity index (χ3v) is 3.09. The molecule has 134 valence electrons. The molecule has 2 aromatic rings. The van der Waals surface area contributed by atoms with Crippen LogP contribution in [-0.2, 0) is 16.1 Å². The average molecular weight is 345 g/mol. The Kier molecular flexibility index (Phi) is 6.10. The van der Waals surface area contributed by atoms with Crippen molar-refractivity contribution in [2.75, 3.05) is 6.54 Å². The maximum Gasteiger partial charge on any atom is 0.407 e. The SMILES string of the molecule is CC(C)(C)OC(=O)NCCC(=O)NCc1ccc(-n2ccnc2)nc1. The van der Waals surface area contributed by atoms with Crippen molar-refractivity contribution in [2.45, 2.75) is 39.3 Å². The van der Waals surface area contributed by atoms with Gasteiger partial charge in [0.15, 0.2) is 0 Å². The highest BCUT2D eigenvalue weighted by molar-refractivity contribution is 5.77. The quantitative estimate of drug-likeness (QED) is 0.832. The normalized spacial score (nSPS) is 11.0. The van der Waals surface area contributed by atoms with Crippen molar-refractivity contribution in [3.8, 4) is 5.82 Å². The van der Waals surface area contributed by atoms with E-state index in [-0.39, 0.29) is 18.9 Å². The summed E-state index contributed by atoms with van der Waals surface area (Å²) in [5.41, 5.74) is 0.333. The molecule has 0 aliphatic rings. The molecule has 0 unspecified atom stereocenters. The molecule has 8 nitrogen and oxygen atoms in total. The van der Waals surface area contributed by atoms with Gasteiger partial charge in [0, 0.05) is 38.1 Å². The lowest BCUT2D eigenvalue weighted by atomic mass is 10.2. The number of nitrogens with one attached hydrogen (secondary N) is 2. The van der Waals surface area contributed by atoms with E-state index in [1.807, 2.05) is 12.1 Å². The molecule has 2 N–H and O–H groups in total. The Bertz CT molecular complexity index is 690. The van der Waals surface area contributed by atoms with Crippen molar-refractivity contribution < 1.29 is 14.3 Å². The number of carbonyl (C=O) groups is 2. The monoisotopic (exact) mass is 345 g/mol. The summed E-state index contributed by atoms with van der Waals surface area (Å²) in [5.74, 6) is 0.601. The van der Waals surface area contributed by atoms with Crippen molar-refractivity contribution in [1.29, 1.82) is 0 Å². The minimum atomic E-state index is -0.553. The summed E-state index contributed by atoms with van der Waals surface area (Å²) >= 11 is 0. The smallest absolute Gasteiger partial charge is 0.407 e. The molecule has 2 rings (SSSR count). The number of alkyl carbamates (subject to hydrolysis) is 1. The maximum atomic E-state index is 11.8. The molecule has 0 aliphatic heterocycles. The summed E-state index contributed by atoms with van der Waals surface area (Å²) in [5, 5.41) is 5.33. The fourth-order valence-corrected chi connectivity index (χ4v) is 1.95. The van der Waals surface area contributed by atoms with Gasteiger partial charge < -0.3 is 15.4 Å². The first kappa shape index (κ1) is 18.4. The minimum Gasteiger partial charge on any atom is -0.444 e. The first-order chi connectivity index (χ1) is 11.8. The molecule has 25 heavy (non-hydrogen) atoms. The van der Waals surface area contributed by atoms with Crippen LogP contribution in [0.25, 0.3) is 5.82 Å². The standard InChI is InChI=1S/C17H23N5O3/c1-17(2,3)25-16(24)19-7-6-15(23)21-11-13-4-5-14(20-10-13)22-9-8-18-12-22/h4-5,8-10,12H,6-7,11H2,1-3H3,(H,19,24)(H,21,23). The van der Waals surface area contributed by atoms with E-state index in [0.29, 0.717) is 6.54 Å². The fraction of sp³-hybridized carbons (Fsp3) is 0.412. The van der Waals surface area contributed by atoms with Crippen LogP contribution < -0.4 is 10.6 Å². The molecule has 2 amide bonds. The number of rotatable bonds is 6. The van der Waals surface area contributed by atoms with Gasteiger partial charge >= 0.3 is 6.09 Å². The number of ether oxygens (including phenoxy) is 1. The third-order valence-electron chi connectivity index (χ3n) is 3.09. The zero-order valence-corrected chi connectivity index (χ0v) is 14.7. The lowest BCUT2D eigenvalue weighted by molar-refractivity contribution is -0.121. The molecule has 0 aliphatic carbocycles. The van der Waals surface area contributed by atoms with Gasteiger partial charge in [-0.1, -0.05) is 6.07 Å². The first-order valence-corrected chi connectivity index (χ1v) is 8.00. The van der Waals surface area contributed by atoms with E-state index in [9.17, 15) is 9.59 Å². The number of carbonyl (C=O) groups excluding carboxylic acids is 2. The zero-order chi connectivity index (χ0) is 18.3. The molecule has 0 radical (unpaired) electrons. The minimum absolute atomic E-state index is 0.158. The molecule has 0 fully saturated rings. The van der Waals surface area contributed by atoms with Crippen molar-refractivity contribution in [1.82, 2.24) is 25.2 Å². The molecular formula is C17H23N5O3. The molecule has 0 atom stereocenters. The highest BCUT2D eigenvalue weighted by Gasteiger charge is 2.15. The predicted molar refractivity (Wildman–Crippen MR) is 92.1 cm³/mol. The van der Waals surface area contributed by atoms with Gasteiger partial charge in [-0.15, -0.1) is 0 Å². The Morgan fingerprint density at radius 1 is 1.24 bits per heavy atom. The van der Waals surface area contributed by atoms with Crippen molar-refractivity contribution in [2.24, 2.45) is 0 Å². The summed E-state index contributed by atoms with van der Waals surface area (Å²) in [4.78, 5) is 31.6. The summed E-state index contributed by atoms with van der Waals surface area (Å²) in [6.45, 7) is 5.95. The lowest BCUT2D eigenvalue weighted by Crippen LogP contribution is -2.35. The van der Waals surface area contributed by atoms with E-state index >= 15 is 0 Å². The van der Waals surface area contributed by atoms with Crippen LogP contribution in [-0.4, -0.2) is 38.7 Å². The maximum absolute atomic E-state index is 11.8. The van der Waals surface area contributed by atoms with Gasteiger partial charge in [0.05, 0.1) is 0 Å². The summed E-state index contributed by atoms with van der Waals surface area (Å²) in [6, 6.07) is 3.74. The third kappa shape index (κ3) is 6.62. The van der Waals surface area contributed by atoms with Gasteiger partial charge in [-0.2, -0.15) is 0 Å². The Morgan fingerprint density at radius 2 is 2.04 bits per heavy atom. The first-order valence-electron chi connectivity index (χ1n) is 8.00. The zero-order valence-electron chi connectivity index (χ0n) is 14.7. The van der Waals surface area contributed by atoms with Crippen molar-refractivity contribution in [3.63, 3.8) is 0 Å². The van der Waals surface area contributed by atoms with Crippen LogP contribution in [0.3, 0.4) is 0 Å². The van der Waals surface area contributed by atoms with E-state index in [4.69, 9.17) is 4.74 Å². The number of nitrogens with zero attached hydrogens (tertiary/aromatic N) is 3. The topological polar surface area (TPSA) is 98.1 Å². The largest absolute Gasteiger partial charge is 0.444 e. The van der Waals surface area contributed by atoms with E-state index in [2.05, 4.69) is 20.6 Å².